The van der Waals surface area contributed by atoms with E-state index in [1.54, 1.807) is 0 Å². The zero-order valence-electron chi connectivity index (χ0n) is 11.3. The van der Waals surface area contributed by atoms with Gasteiger partial charge in [0.1, 0.15) is 0 Å². The number of hydrogen-bond acceptors (Lipinski definition) is 1. The van der Waals surface area contributed by atoms with E-state index in [1.807, 2.05) is 0 Å². The molecule has 0 fully saturated rings. The Hall–Kier alpha value is -1.12. The number of hydrogen-bond donors (Lipinski definition) is 1. The van der Waals surface area contributed by atoms with Crippen LogP contribution in [0.3, 0.4) is 0 Å². The SMILES string of the molecule is Cc1cc2c(cc1C)[C@H](c1ccc(Br)cc1)NCC2. The van der Waals surface area contributed by atoms with E-state index in [0.29, 0.717) is 6.04 Å². The van der Waals surface area contributed by atoms with E-state index in [1.165, 1.54) is 27.8 Å². The van der Waals surface area contributed by atoms with E-state index in [4.69, 9.17) is 0 Å². The van der Waals surface area contributed by atoms with Crippen molar-refractivity contribution >= 4 is 15.9 Å². The van der Waals surface area contributed by atoms with Crippen LogP contribution in [-0.2, 0) is 6.42 Å². The molecular formula is C17H18BrN. The fraction of sp³-hybridized carbons (Fsp3) is 0.294. The Balaban J connectivity index is 2.07. The summed E-state index contributed by atoms with van der Waals surface area (Å²) >= 11 is 3.50. The van der Waals surface area contributed by atoms with Crippen LogP contribution < -0.4 is 5.32 Å². The zero-order chi connectivity index (χ0) is 13.4. The zero-order valence-corrected chi connectivity index (χ0v) is 12.9. The maximum atomic E-state index is 3.64. The number of halogens is 1. The first-order valence-electron chi connectivity index (χ1n) is 6.74. The van der Waals surface area contributed by atoms with Crippen molar-refractivity contribution in [1.82, 2.24) is 5.32 Å². The summed E-state index contributed by atoms with van der Waals surface area (Å²) in [6, 6.07) is 13.7. The van der Waals surface area contributed by atoms with Gasteiger partial charge in [-0.15, -0.1) is 0 Å². The fourth-order valence-electron chi connectivity index (χ4n) is 2.80. The smallest absolute Gasteiger partial charge is 0.0579 e. The van der Waals surface area contributed by atoms with Crippen LogP contribution in [0.5, 0.6) is 0 Å². The highest BCUT2D eigenvalue weighted by atomic mass is 79.9. The molecule has 0 bridgehead atoms. The van der Waals surface area contributed by atoms with Crippen molar-refractivity contribution in [2.75, 3.05) is 6.54 Å². The lowest BCUT2D eigenvalue weighted by Crippen LogP contribution is -2.30. The largest absolute Gasteiger partial charge is 0.306 e. The molecule has 2 heteroatoms. The molecule has 0 spiro atoms. The molecular weight excluding hydrogens is 298 g/mol. The van der Waals surface area contributed by atoms with Crippen LogP contribution in [-0.4, -0.2) is 6.54 Å². The standard InChI is InChI=1S/C17H18BrN/c1-11-9-14-7-8-19-17(16(14)10-12(11)2)13-3-5-15(18)6-4-13/h3-6,9-10,17,19H,7-8H2,1-2H3/t17-/m0/s1. The highest BCUT2D eigenvalue weighted by Gasteiger charge is 2.21. The molecule has 19 heavy (non-hydrogen) atoms. The molecule has 1 heterocycles. The quantitative estimate of drug-likeness (QED) is 0.827. The molecule has 1 atom stereocenters. The minimum absolute atomic E-state index is 0.330. The van der Waals surface area contributed by atoms with Gasteiger partial charge in [0, 0.05) is 11.0 Å². The number of fused-ring (bicyclic) bond motifs is 1. The van der Waals surface area contributed by atoms with E-state index in [2.05, 4.69) is 71.5 Å². The van der Waals surface area contributed by atoms with Crippen molar-refractivity contribution in [3.63, 3.8) is 0 Å². The molecule has 0 saturated heterocycles. The molecule has 98 valence electrons. The lowest BCUT2D eigenvalue weighted by molar-refractivity contribution is 0.567. The first-order valence-corrected chi connectivity index (χ1v) is 7.53. The van der Waals surface area contributed by atoms with E-state index < -0.39 is 0 Å². The Morgan fingerprint density at radius 1 is 1.05 bits per heavy atom. The molecule has 0 radical (unpaired) electrons. The summed E-state index contributed by atoms with van der Waals surface area (Å²) in [7, 11) is 0. The molecule has 0 aliphatic carbocycles. The van der Waals surface area contributed by atoms with Crippen LogP contribution in [0, 0.1) is 13.8 Å². The van der Waals surface area contributed by atoms with Gasteiger partial charge in [0.15, 0.2) is 0 Å². The predicted octanol–water partition coefficient (Wildman–Crippen LogP) is 4.30. The molecule has 0 saturated carbocycles. The van der Waals surface area contributed by atoms with Crippen molar-refractivity contribution in [3.05, 3.63) is 68.7 Å². The highest BCUT2D eigenvalue weighted by molar-refractivity contribution is 9.10. The number of nitrogens with one attached hydrogen (secondary N) is 1. The Bertz CT molecular complexity index is 601. The summed E-state index contributed by atoms with van der Waals surface area (Å²) < 4.78 is 1.13. The van der Waals surface area contributed by atoms with E-state index in [9.17, 15) is 0 Å². The van der Waals surface area contributed by atoms with Gasteiger partial charge in [0.05, 0.1) is 6.04 Å². The third kappa shape index (κ3) is 2.47. The molecule has 0 unspecified atom stereocenters. The van der Waals surface area contributed by atoms with Gasteiger partial charge in [-0.3, -0.25) is 0 Å². The van der Waals surface area contributed by atoms with Crippen molar-refractivity contribution in [2.24, 2.45) is 0 Å². The first kappa shape index (κ1) is 12.9. The maximum absolute atomic E-state index is 3.64. The van der Waals surface area contributed by atoms with Gasteiger partial charge in [0.2, 0.25) is 0 Å². The third-order valence-electron chi connectivity index (χ3n) is 4.01. The summed E-state index contributed by atoms with van der Waals surface area (Å²) in [6.07, 6.45) is 1.13. The van der Waals surface area contributed by atoms with Gasteiger partial charge >= 0.3 is 0 Å². The predicted molar refractivity (Wildman–Crippen MR) is 83.6 cm³/mol. The molecule has 0 aromatic heterocycles. The minimum atomic E-state index is 0.330. The molecule has 1 aliphatic heterocycles. The lowest BCUT2D eigenvalue weighted by Gasteiger charge is -2.28. The molecule has 0 amide bonds. The minimum Gasteiger partial charge on any atom is -0.306 e. The Kier molecular flexibility index (Phi) is 3.46. The summed E-state index contributed by atoms with van der Waals surface area (Å²) in [4.78, 5) is 0. The molecule has 3 rings (SSSR count). The fourth-order valence-corrected chi connectivity index (χ4v) is 3.06. The number of rotatable bonds is 1. The Morgan fingerprint density at radius 3 is 2.47 bits per heavy atom. The molecule has 1 N–H and O–H groups in total. The Morgan fingerprint density at radius 2 is 1.74 bits per heavy atom. The first-order chi connectivity index (χ1) is 9.15. The monoisotopic (exact) mass is 315 g/mol. The van der Waals surface area contributed by atoms with Crippen molar-refractivity contribution < 1.29 is 0 Å². The maximum Gasteiger partial charge on any atom is 0.0579 e. The second kappa shape index (κ2) is 5.10. The normalized spacial score (nSPS) is 18.2. The molecule has 2 aromatic carbocycles. The lowest BCUT2D eigenvalue weighted by atomic mass is 9.87. The average molecular weight is 316 g/mol. The van der Waals surface area contributed by atoms with E-state index >= 15 is 0 Å². The third-order valence-corrected chi connectivity index (χ3v) is 4.54. The van der Waals surface area contributed by atoms with Gasteiger partial charge < -0.3 is 5.32 Å². The van der Waals surface area contributed by atoms with Gasteiger partial charge in [-0.05, 0) is 60.2 Å². The summed E-state index contributed by atoms with van der Waals surface area (Å²) in [5, 5.41) is 3.64. The number of aryl methyl sites for hydroxylation is 2. The van der Waals surface area contributed by atoms with E-state index in [-0.39, 0.29) is 0 Å². The molecule has 2 aromatic rings. The van der Waals surface area contributed by atoms with Crippen LogP contribution in [0.4, 0.5) is 0 Å². The van der Waals surface area contributed by atoms with Crippen LogP contribution in [0.2, 0.25) is 0 Å². The summed E-state index contributed by atoms with van der Waals surface area (Å²) in [6.45, 7) is 5.45. The van der Waals surface area contributed by atoms with E-state index in [0.717, 1.165) is 17.4 Å². The van der Waals surface area contributed by atoms with Gasteiger partial charge in [0.25, 0.3) is 0 Å². The van der Waals surface area contributed by atoms with Gasteiger partial charge in [-0.25, -0.2) is 0 Å². The number of benzene rings is 2. The summed E-state index contributed by atoms with van der Waals surface area (Å²) in [5.74, 6) is 0. The topological polar surface area (TPSA) is 12.0 Å². The molecule has 1 nitrogen and oxygen atoms in total. The highest BCUT2D eigenvalue weighted by Crippen LogP contribution is 2.31. The van der Waals surface area contributed by atoms with Crippen LogP contribution in [0.25, 0.3) is 0 Å². The second-order valence-corrected chi connectivity index (χ2v) is 6.24. The van der Waals surface area contributed by atoms with Crippen molar-refractivity contribution in [2.45, 2.75) is 26.3 Å². The van der Waals surface area contributed by atoms with Gasteiger partial charge in [-0.1, -0.05) is 40.2 Å². The average Bonchev–Trinajstić information content (AvgIpc) is 2.41. The second-order valence-electron chi connectivity index (χ2n) is 5.32. The van der Waals surface area contributed by atoms with Crippen molar-refractivity contribution in [1.29, 1.82) is 0 Å². The molecule has 1 aliphatic rings. The van der Waals surface area contributed by atoms with Crippen LogP contribution in [0.15, 0.2) is 40.9 Å². The van der Waals surface area contributed by atoms with Gasteiger partial charge in [-0.2, -0.15) is 0 Å². The Labute approximate surface area is 123 Å². The van der Waals surface area contributed by atoms with Crippen LogP contribution in [0.1, 0.15) is 33.9 Å². The van der Waals surface area contributed by atoms with Crippen molar-refractivity contribution in [3.8, 4) is 0 Å². The summed E-state index contributed by atoms with van der Waals surface area (Å²) in [5.41, 5.74) is 7.05. The van der Waals surface area contributed by atoms with Crippen LogP contribution >= 0.6 is 15.9 Å².